The van der Waals surface area contributed by atoms with Crippen LogP contribution >= 0.6 is 0 Å². The Morgan fingerprint density at radius 1 is 1.64 bits per heavy atom. The van der Waals surface area contributed by atoms with E-state index in [1.54, 1.807) is 4.68 Å². The van der Waals surface area contributed by atoms with Gasteiger partial charge in [-0.3, -0.25) is 0 Å². The van der Waals surface area contributed by atoms with Gasteiger partial charge in [-0.1, -0.05) is 20.3 Å². The van der Waals surface area contributed by atoms with E-state index < -0.39 is 0 Å². The van der Waals surface area contributed by atoms with Crippen LogP contribution in [0.1, 0.15) is 26.0 Å². The van der Waals surface area contributed by atoms with Gasteiger partial charge in [-0.05, 0) is 12.3 Å². The highest BCUT2D eigenvalue weighted by Gasteiger charge is 2.07. The second-order valence-electron chi connectivity index (χ2n) is 3.72. The maximum absolute atomic E-state index is 8.77. The van der Waals surface area contributed by atoms with E-state index in [9.17, 15) is 0 Å². The fourth-order valence-electron chi connectivity index (χ4n) is 1.36. The standard InChI is InChI=1S/C10H19N3O/c1-3-8(2)6-9-7-10(11)13(12-9)4-5-14/h7-8,14H,3-6,11H2,1-2H3. The van der Waals surface area contributed by atoms with Crippen LogP contribution in [-0.4, -0.2) is 21.5 Å². The Labute approximate surface area is 84.7 Å². The Morgan fingerprint density at radius 2 is 2.36 bits per heavy atom. The highest BCUT2D eigenvalue weighted by atomic mass is 16.3. The molecular formula is C10H19N3O. The number of rotatable bonds is 5. The van der Waals surface area contributed by atoms with Crippen LogP contribution in [0.2, 0.25) is 0 Å². The van der Waals surface area contributed by atoms with E-state index in [1.165, 1.54) is 0 Å². The smallest absolute Gasteiger partial charge is 0.122 e. The van der Waals surface area contributed by atoms with E-state index in [1.807, 2.05) is 6.07 Å². The molecule has 4 nitrogen and oxygen atoms in total. The molecule has 1 unspecified atom stereocenters. The lowest BCUT2D eigenvalue weighted by Gasteiger charge is -2.04. The summed E-state index contributed by atoms with van der Waals surface area (Å²) in [4.78, 5) is 0. The lowest BCUT2D eigenvalue weighted by molar-refractivity contribution is 0.270. The maximum Gasteiger partial charge on any atom is 0.122 e. The average molecular weight is 197 g/mol. The van der Waals surface area contributed by atoms with Crippen molar-refractivity contribution in [3.05, 3.63) is 11.8 Å². The first-order valence-corrected chi connectivity index (χ1v) is 5.10. The molecule has 0 saturated heterocycles. The minimum Gasteiger partial charge on any atom is -0.394 e. The molecule has 0 amide bonds. The van der Waals surface area contributed by atoms with E-state index in [2.05, 4.69) is 18.9 Å². The van der Waals surface area contributed by atoms with E-state index in [0.717, 1.165) is 18.5 Å². The molecule has 1 rings (SSSR count). The van der Waals surface area contributed by atoms with Crippen molar-refractivity contribution in [2.45, 2.75) is 33.2 Å². The van der Waals surface area contributed by atoms with Crippen molar-refractivity contribution in [3.8, 4) is 0 Å². The Morgan fingerprint density at radius 3 is 2.93 bits per heavy atom. The quantitative estimate of drug-likeness (QED) is 0.741. The van der Waals surface area contributed by atoms with Gasteiger partial charge in [0.15, 0.2) is 0 Å². The molecule has 0 fully saturated rings. The van der Waals surface area contributed by atoms with Crippen LogP contribution in [0.25, 0.3) is 0 Å². The van der Waals surface area contributed by atoms with E-state index in [0.29, 0.717) is 18.3 Å². The van der Waals surface area contributed by atoms with Crippen molar-refractivity contribution in [2.75, 3.05) is 12.3 Å². The summed E-state index contributed by atoms with van der Waals surface area (Å²) in [6.07, 6.45) is 2.10. The molecule has 0 aliphatic heterocycles. The molecule has 1 aromatic heterocycles. The molecule has 0 saturated carbocycles. The highest BCUT2D eigenvalue weighted by molar-refractivity contribution is 5.30. The SMILES string of the molecule is CCC(C)Cc1cc(N)n(CCO)n1. The fraction of sp³-hybridized carbons (Fsp3) is 0.700. The predicted octanol–water partition coefficient (Wildman–Crippen LogP) is 1.05. The Balaban J connectivity index is 2.65. The van der Waals surface area contributed by atoms with E-state index >= 15 is 0 Å². The summed E-state index contributed by atoms with van der Waals surface area (Å²) in [5, 5.41) is 13.1. The molecular weight excluding hydrogens is 178 g/mol. The summed E-state index contributed by atoms with van der Waals surface area (Å²) in [6.45, 7) is 4.92. The van der Waals surface area contributed by atoms with Gasteiger partial charge < -0.3 is 10.8 Å². The topological polar surface area (TPSA) is 64.1 Å². The lowest BCUT2D eigenvalue weighted by Crippen LogP contribution is -2.08. The van der Waals surface area contributed by atoms with Gasteiger partial charge in [-0.25, -0.2) is 4.68 Å². The number of nitrogens with two attached hydrogens (primary N) is 1. The van der Waals surface area contributed by atoms with Crippen LogP contribution in [0.15, 0.2) is 6.07 Å². The molecule has 0 radical (unpaired) electrons. The molecule has 0 aromatic carbocycles. The number of nitrogens with zero attached hydrogens (tertiary/aromatic N) is 2. The third-order valence-corrected chi connectivity index (χ3v) is 2.43. The van der Waals surface area contributed by atoms with Crippen molar-refractivity contribution in [1.82, 2.24) is 9.78 Å². The van der Waals surface area contributed by atoms with Crippen molar-refractivity contribution in [3.63, 3.8) is 0 Å². The third-order valence-electron chi connectivity index (χ3n) is 2.43. The molecule has 0 spiro atoms. The van der Waals surface area contributed by atoms with Gasteiger partial charge in [-0.2, -0.15) is 5.10 Å². The number of aliphatic hydroxyl groups excluding tert-OH is 1. The van der Waals surface area contributed by atoms with Gasteiger partial charge in [0.25, 0.3) is 0 Å². The number of anilines is 1. The summed E-state index contributed by atoms with van der Waals surface area (Å²) in [6, 6.07) is 1.89. The van der Waals surface area contributed by atoms with Crippen molar-refractivity contribution >= 4 is 5.82 Å². The Bertz CT molecular complexity index is 283. The number of nitrogen functional groups attached to an aromatic ring is 1. The Hall–Kier alpha value is -1.03. The highest BCUT2D eigenvalue weighted by Crippen LogP contribution is 2.13. The molecule has 0 bridgehead atoms. The number of hydrogen-bond acceptors (Lipinski definition) is 3. The van der Waals surface area contributed by atoms with Gasteiger partial charge in [-0.15, -0.1) is 0 Å². The summed E-state index contributed by atoms with van der Waals surface area (Å²) in [5.41, 5.74) is 6.75. The van der Waals surface area contributed by atoms with Crippen molar-refractivity contribution < 1.29 is 5.11 Å². The average Bonchev–Trinajstić information content (AvgIpc) is 2.47. The first kappa shape index (κ1) is 11.0. The normalized spacial score (nSPS) is 13.1. The Kier molecular flexibility index (Phi) is 3.95. The van der Waals surface area contributed by atoms with Crippen LogP contribution in [-0.2, 0) is 13.0 Å². The summed E-state index contributed by atoms with van der Waals surface area (Å²) in [7, 11) is 0. The van der Waals surface area contributed by atoms with Crippen LogP contribution in [0, 0.1) is 5.92 Å². The van der Waals surface area contributed by atoms with Crippen LogP contribution in [0.4, 0.5) is 5.82 Å². The summed E-state index contributed by atoms with van der Waals surface area (Å²) in [5.74, 6) is 1.27. The molecule has 14 heavy (non-hydrogen) atoms. The van der Waals surface area contributed by atoms with Gasteiger partial charge in [0, 0.05) is 6.07 Å². The van der Waals surface area contributed by atoms with Crippen molar-refractivity contribution in [2.24, 2.45) is 5.92 Å². The van der Waals surface area contributed by atoms with Gasteiger partial charge in [0.2, 0.25) is 0 Å². The second-order valence-corrected chi connectivity index (χ2v) is 3.72. The summed E-state index contributed by atoms with van der Waals surface area (Å²) < 4.78 is 1.65. The van der Waals surface area contributed by atoms with Crippen molar-refractivity contribution in [1.29, 1.82) is 0 Å². The van der Waals surface area contributed by atoms with E-state index in [-0.39, 0.29) is 6.61 Å². The number of hydrogen-bond donors (Lipinski definition) is 2. The zero-order valence-corrected chi connectivity index (χ0v) is 8.90. The lowest BCUT2D eigenvalue weighted by atomic mass is 10.0. The minimum atomic E-state index is 0.0780. The molecule has 3 N–H and O–H groups in total. The predicted molar refractivity (Wildman–Crippen MR) is 56.9 cm³/mol. The first-order chi connectivity index (χ1) is 6.67. The number of aliphatic hydroxyl groups is 1. The molecule has 1 atom stereocenters. The van der Waals surface area contributed by atoms with E-state index in [4.69, 9.17) is 10.8 Å². The third kappa shape index (κ3) is 2.73. The molecule has 1 heterocycles. The van der Waals surface area contributed by atoms with Gasteiger partial charge in [0.1, 0.15) is 5.82 Å². The van der Waals surface area contributed by atoms with Gasteiger partial charge >= 0.3 is 0 Å². The summed E-state index contributed by atoms with van der Waals surface area (Å²) >= 11 is 0. The number of aromatic nitrogens is 2. The van der Waals surface area contributed by atoms with Crippen LogP contribution in [0.3, 0.4) is 0 Å². The zero-order valence-electron chi connectivity index (χ0n) is 8.90. The minimum absolute atomic E-state index is 0.0780. The molecule has 4 heteroatoms. The zero-order chi connectivity index (χ0) is 10.6. The monoisotopic (exact) mass is 197 g/mol. The maximum atomic E-state index is 8.77. The molecule has 0 aliphatic carbocycles. The van der Waals surface area contributed by atoms with Crippen LogP contribution < -0.4 is 5.73 Å². The first-order valence-electron chi connectivity index (χ1n) is 5.10. The molecule has 80 valence electrons. The van der Waals surface area contributed by atoms with Crippen LogP contribution in [0.5, 0.6) is 0 Å². The van der Waals surface area contributed by atoms with Gasteiger partial charge in [0.05, 0.1) is 18.8 Å². The largest absolute Gasteiger partial charge is 0.394 e. The molecule has 1 aromatic rings. The second kappa shape index (κ2) is 5.00. The molecule has 0 aliphatic rings. The fourth-order valence-corrected chi connectivity index (χ4v) is 1.36.